The molecule has 120 valence electrons. The van der Waals surface area contributed by atoms with Crippen molar-refractivity contribution in [3.63, 3.8) is 0 Å². The number of hydrogen-bond donors (Lipinski definition) is 1. The fourth-order valence-corrected chi connectivity index (χ4v) is 3.32. The summed E-state index contributed by atoms with van der Waals surface area (Å²) >= 11 is 2.32. The fourth-order valence-electron chi connectivity index (χ4n) is 2.85. The van der Waals surface area contributed by atoms with Crippen molar-refractivity contribution in [2.45, 2.75) is 20.4 Å². The lowest BCUT2D eigenvalue weighted by Gasteiger charge is -2.11. The molecule has 0 unspecified atom stereocenters. The van der Waals surface area contributed by atoms with Crippen LogP contribution in [0.1, 0.15) is 16.7 Å². The van der Waals surface area contributed by atoms with Crippen molar-refractivity contribution in [2.75, 3.05) is 5.32 Å². The lowest BCUT2D eigenvalue weighted by atomic mass is 10.1. The van der Waals surface area contributed by atoms with Gasteiger partial charge in [-0.15, -0.1) is 0 Å². The Morgan fingerprint density at radius 2 is 1.96 bits per heavy atom. The van der Waals surface area contributed by atoms with Gasteiger partial charge in [-0.1, -0.05) is 18.2 Å². The summed E-state index contributed by atoms with van der Waals surface area (Å²) in [6.07, 6.45) is 3.80. The van der Waals surface area contributed by atoms with Gasteiger partial charge in [-0.2, -0.15) is 0 Å². The maximum Gasteiger partial charge on any atom is 0.180 e. The van der Waals surface area contributed by atoms with Crippen molar-refractivity contribution in [1.82, 2.24) is 14.4 Å². The van der Waals surface area contributed by atoms with E-state index in [1.165, 1.54) is 20.3 Å². The van der Waals surface area contributed by atoms with Crippen molar-refractivity contribution in [3.8, 4) is 0 Å². The van der Waals surface area contributed by atoms with Crippen molar-refractivity contribution in [1.29, 1.82) is 0 Å². The summed E-state index contributed by atoms with van der Waals surface area (Å²) in [7, 11) is 0. The number of nitrogens with zero attached hydrogens (tertiary/aromatic N) is 3. The molecule has 2 aromatic carbocycles. The van der Waals surface area contributed by atoms with E-state index >= 15 is 0 Å². The van der Waals surface area contributed by atoms with Crippen LogP contribution in [-0.2, 0) is 6.54 Å². The third-order valence-electron chi connectivity index (χ3n) is 4.31. The quantitative estimate of drug-likeness (QED) is 0.481. The van der Waals surface area contributed by atoms with Crippen LogP contribution >= 0.6 is 22.6 Å². The van der Waals surface area contributed by atoms with Gasteiger partial charge in [0.2, 0.25) is 0 Å². The molecule has 24 heavy (non-hydrogen) atoms. The number of benzene rings is 2. The Hall–Kier alpha value is -2.15. The average Bonchev–Trinajstić information content (AvgIpc) is 3.06. The molecule has 0 spiro atoms. The molecule has 1 N–H and O–H groups in total. The summed E-state index contributed by atoms with van der Waals surface area (Å²) in [6, 6.07) is 12.8. The minimum absolute atomic E-state index is 0.729. The minimum Gasteiger partial charge on any atom is -0.363 e. The number of aryl methyl sites for hydroxylation is 2. The standard InChI is InChI=1S/C19H17IN4/c1-12-3-4-14(9-13(12)2)11-22-18-19-21-7-8-24(19)17-10-15(20)5-6-16(17)23-18/h3-10H,11H2,1-2H3,(H,22,23). The van der Waals surface area contributed by atoms with Crippen LogP contribution in [0.3, 0.4) is 0 Å². The maximum absolute atomic E-state index is 4.77. The second kappa shape index (κ2) is 6.05. The highest BCUT2D eigenvalue weighted by atomic mass is 127. The maximum atomic E-state index is 4.77. The number of aromatic nitrogens is 3. The zero-order chi connectivity index (χ0) is 16.7. The van der Waals surface area contributed by atoms with Crippen molar-refractivity contribution in [2.24, 2.45) is 0 Å². The van der Waals surface area contributed by atoms with Crippen molar-refractivity contribution in [3.05, 3.63) is 69.1 Å². The SMILES string of the molecule is Cc1ccc(CNc2nc3ccc(I)cc3n3ccnc23)cc1C. The van der Waals surface area contributed by atoms with E-state index in [4.69, 9.17) is 4.98 Å². The molecule has 0 aliphatic rings. The number of halogens is 1. The van der Waals surface area contributed by atoms with E-state index in [0.29, 0.717) is 0 Å². The first kappa shape index (κ1) is 15.4. The van der Waals surface area contributed by atoms with Gasteiger partial charge < -0.3 is 5.32 Å². The minimum atomic E-state index is 0.729. The molecular formula is C19H17IN4. The Balaban J connectivity index is 1.74. The van der Waals surface area contributed by atoms with Crippen LogP contribution in [0.2, 0.25) is 0 Å². The van der Waals surface area contributed by atoms with E-state index < -0.39 is 0 Å². The molecule has 0 aliphatic carbocycles. The number of fused-ring (bicyclic) bond motifs is 3. The fraction of sp³-hybridized carbons (Fsp3) is 0.158. The first-order valence-corrected chi connectivity index (χ1v) is 8.92. The van der Waals surface area contributed by atoms with Crippen LogP contribution in [0, 0.1) is 17.4 Å². The van der Waals surface area contributed by atoms with Gasteiger partial charge in [0.1, 0.15) is 0 Å². The summed E-state index contributed by atoms with van der Waals surface area (Å²) in [4.78, 5) is 9.25. The number of hydrogen-bond acceptors (Lipinski definition) is 3. The second-order valence-corrected chi connectivity index (χ2v) is 7.23. The predicted octanol–water partition coefficient (Wildman–Crippen LogP) is 4.72. The van der Waals surface area contributed by atoms with E-state index in [-0.39, 0.29) is 0 Å². The van der Waals surface area contributed by atoms with E-state index in [2.05, 4.69) is 87.5 Å². The topological polar surface area (TPSA) is 42.2 Å². The predicted molar refractivity (Wildman–Crippen MR) is 106 cm³/mol. The van der Waals surface area contributed by atoms with Gasteiger partial charge in [0.25, 0.3) is 0 Å². The summed E-state index contributed by atoms with van der Waals surface area (Å²) in [5, 5.41) is 3.45. The van der Waals surface area contributed by atoms with Gasteiger partial charge in [0.05, 0.1) is 11.0 Å². The molecule has 0 aliphatic heterocycles. The van der Waals surface area contributed by atoms with E-state index in [0.717, 1.165) is 29.0 Å². The first-order valence-electron chi connectivity index (χ1n) is 7.84. The summed E-state index contributed by atoms with van der Waals surface area (Å²) in [6.45, 7) is 5.00. The summed E-state index contributed by atoms with van der Waals surface area (Å²) < 4.78 is 3.28. The van der Waals surface area contributed by atoms with Crippen LogP contribution in [0.25, 0.3) is 16.7 Å². The molecule has 0 radical (unpaired) electrons. The average molecular weight is 428 g/mol. The van der Waals surface area contributed by atoms with E-state index in [1.54, 1.807) is 0 Å². The Labute approximate surface area is 154 Å². The van der Waals surface area contributed by atoms with Gasteiger partial charge in [0, 0.05) is 22.5 Å². The molecule has 4 nitrogen and oxygen atoms in total. The zero-order valence-corrected chi connectivity index (χ0v) is 15.7. The zero-order valence-electron chi connectivity index (χ0n) is 13.5. The molecule has 0 saturated carbocycles. The van der Waals surface area contributed by atoms with E-state index in [9.17, 15) is 0 Å². The lowest BCUT2D eigenvalue weighted by Crippen LogP contribution is -2.05. The molecule has 2 aromatic heterocycles. The molecule has 2 heterocycles. The smallest absolute Gasteiger partial charge is 0.180 e. The highest BCUT2D eigenvalue weighted by Gasteiger charge is 2.09. The van der Waals surface area contributed by atoms with Crippen LogP contribution < -0.4 is 5.32 Å². The van der Waals surface area contributed by atoms with Crippen LogP contribution in [0.4, 0.5) is 5.82 Å². The normalized spacial score (nSPS) is 11.3. The highest BCUT2D eigenvalue weighted by Crippen LogP contribution is 2.23. The van der Waals surface area contributed by atoms with Crippen molar-refractivity contribution < 1.29 is 0 Å². The summed E-state index contributed by atoms with van der Waals surface area (Å²) in [5.41, 5.74) is 6.75. The first-order chi connectivity index (χ1) is 11.6. The molecule has 0 fully saturated rings. The molecule has 4 aromatic rings. The largest absolute Gasteiger partial charge is 0.363 e. The molecule has 0 amide bonds. The van der Waals surface area contributed by atoms with Crippen molar-refractivity contribution >= 4 is 45.1 Å². The Bertz CT molecular complexity index is 1050. The molecule has 5 heteroatoms. The second-order valence-electron chi connectivity index (χ2n) is 5.99. The Morgan fingerprint density at radius 3 is 2.79 bits per heavy atom. The van der Waals surface area contributed by atoms with Gasteiger partial charge >= 0.3 is 0 Å². The lowest BCUT2D eigenvalue weighted by molar-refractivity contribution is 1.09. The van der Waals surface area contributed by atoms with Gasteiger partial charge in [-0.3, -0.25) is 4.40 Å². The third kappa shape index (κ3) is 2.73. The molecular weight excluding hydrogens is 411 g/mol. The summed E-state index contributed by atoms with van der Waals surface area (Å²) in [5.74, 6) is 0.812. The van der Waals surface area contributed by atoms with E-state index in [1.807, 2.05) is 12.4 Å². The number of anilines is 1. The number of rotatable bonds is 3. The van der Waals surface area contributed by atoms with Gasteiger partial charge in [-0.05, 0) is 71.3 Å². The van der Waals surface area contributed by atoms with Gasteiger partial charge in [-0.25, -0.2) is 9.97 Å². The van der Waals surface area contributed by atoms with Crippen LogP contribution in [-0.4, -0.2) is 14.4 Å². The molecule has 0 atom stereocenters. The number of nitrogens with one attached hydrogen (secondary N) is 1. The Morgan fingerprint density at radius 1 is 1.08 bits per heavy atom. The molecule has 4 rings (SSSR count). The Kier molecular flexibility index (Phi) is 3.88. The molecule has 0 bridgehead atoms. The third-order valence-corrected chi connectivity index (χ3v) is 4.98. The highest BCUT2D eigenvalue weighted by molar-refractivity contribution is 14.1. The van der Waals surface area contributed by atoms with Crippen LogP contribution in [0.15, 0.2) is 48.8 Å². The van der Waals surface area contributed by atoms with Gasteiger partial charge in [0.15, 0.2) is 11.5 Å². The number of imidazole rings is 1. The van der Waals surface area contributed by atoms with Crippen LogP contribution in [0.5, 0.6) is 0 Å². The molecule has 0 saturated heterocycles. The monoisotopic (exact) mass is 428 g/mol.